The Labute approximate surface area is 161 Å². The third-order valence-electron chi connectivity index (χ3n) is 5.89. The molecular formula is C23H26N2O2. The van der Waals surface area contributed by atoms with Gasteiger partial charge in [-0.1, -0.05) is 36.4 Å². The van der Waals surface area contributed by atoms with E-state index in [2.05, 4.69) is 52.3 Å². The van der Waals surface area contributed by atoms with Crippen molar-refractivity contribution in [2.45, 2.75) is 12.8 Å². The van der Waals surface area contributed by atoms with Gasteiger partial charge in [0.25, 0.3) is 0 Å². The largest absolute Gasteiger partial charge is 0.486 e. The first-order valence-electron chi connectivity index (χ1n) is 10.0. The Kier molecular flexibility index (Phi) is 4.50. The lowest BCUT2D eigenvalue weighted by Crippen LogP contribution is -2.46. The van der Waals surface area contributed by atoms with E-state index in [0.717, 1.165) is 57.1 Å². The fourth-order valence-electron chi connectivity index (χ4n) is 4.39. The number of rotatable bonds is 4. The SMILES string of the molecule is C1=C(CCN2CCN(c3cccc4c3OCCO4)CC2)c2ccccc2C1. The number of fused-ring (bicyclic) bond motifs is 2. The number of piperazine rings is 1. The lowest BCUT2D eigenvalue weighted by molar-refractivity contribution is 0.171. The lowest BCUT2D eigenvalue weighted by atomic mass is 10.0. The van der Waals surface area contributed by atoms with Crippen LogP contribution in [0.5, 0.6) is 11.5 Å². The van der Waals surface area contributed by atoms with Crippen molar-refractivity contribution in [2.75, 3.05) is 50.8 Å². The van der Waals surface area contributed by atoms with Crippen molar-refractivity contribution in [3.8, 4) is 11.5 Å². The summed E-state index contributed by atoms with van der Waals surface area (Å²) < 4.78 is 11.6. The zero-order chi connectivity index (χ0) is 18.1. The summed E-state index contributed by atoms with van der Waals surface area (Å²) in [5.41, 5.74) is 5.65. The van der Waals surface area contributed by atoms with Gasteiger partial charge in [0, 0.05) is 32.7 Å². The van der Waals surface area contributed by atoms with Crippen molar-refractivity contribution in [2.24, 2.45) is 0 Å². The highest BCUT2D eigenvalue weighted by Gasteiger charge is 2.24. The van der Waals surface area contributed by atoms with Crippen LogP contribution >= 0.6 is 0 Å². The minimum Gasteiger partial charge on any atom is -0.486 e. The molecule has 140 valence electrons. The molecule has 0 unspecified atom stereocenters. The quantitative estimate of drug-likeness (QED) is 0.830. The molecule has 0 N–H and O–H groups in total. The molecule has 0 aromatic heterocycles. The van der Waals surface area contributed by atoms with E-state index in [0.29, 0.717) is 13.2 Å². The summed E-state index contributed by atoms with van der Waals surface area (Å²) in [6.07, 6.45) is 4.66. The van der Waals surface area contributed by atoms with Gasteiger partial charge in [-0.3, -0.25) is 4.90 Å². The summed E-state index contributed by atoms with van der Waals surface area (Å²) in [6.45, 7) is 6.69. The zero-order valence-corrected chi connectivity index (χ0v) is 15.7. The fraction of sp³-hybridized carbons (Fsp3) is 0.391. The average Bonchev–Trinajstić information content (AvgIpc) is 3.15. The summed E-state index contributed by atoms with van der Waals surface area (Å²) in [6, 6.07) is 15.1. The second-order valence-electron chi connectivity index (χ2n) is 7.47. The highest BCUT2D eigenvalue weighted by atomic mass is 16.6. The van der Waals surface area contributed by atoms with Crippen LogP contribution in [0, 0.1) is 0 Å². The molecule has 5 rings (SSSR count). The third-order valence-corrected chi connectivity index (χ3v) is 5.89. The van der Waals surface area contributed by atoms with E-state index in [4.69, 9.17) is 9.47 Å². The van der Waals surface area contributed by atoms with Gasteiger partial charge in [0.1, 0.15) is 13.2 Å². The zero-order valence-electron chi connectivity index (χ0n) is 15.7. The van der Waals surface area contributed by atoms with E-state index < -0.39 is 0 Å². The number of para-hydroxylation sites is 1. The summed E-state index contributed by atoms with van der Waals surface area (Å²) in [4.78, 5) is 5.03. The van der Waals surface area contributed by atoms with Crippen molar-refractivity contribution in [3.05, 3.63) is 59.7 Å². The van der Waals surface area contributed by atoms with Gasteiger partial charge >= 0.3 is 0 Å². The first kappa shape index (κ1) is 16.7. The van der Waals surface area contributed by atoms with Gasteiger partial charge in [-0.25, -0.2) is 0 Å². The predicted molar refractivity (Wildman–Crippen MR) is 109 cm³/mol. The van der Waals surface area contributed by atoms with Crippen molar-refractivity contribution in [1.82, 2.24) is 4.90 Å². The minimum absolute atomic E-state index is 0.639. The summed E-state index contributed by atoms with van der Waals surface area (Å²) in [5.74, 6) is 1.80. The maximum Gasteiger partial charge on any atom is 0.184 e. The first-order valence-corrected chi connectivity index (χ1v) is 10.0. The Morgan fingerprint density at radius 2 is 1.70 bits per heavy atom. The fourth-order valence-corrected chi connectivity index (χ4v) is 4.39. The smallest absolute Gasteiger partial charge is 0.184 e. The first-order chi connectivity index (χ1) is 13.4. The molecule has 2 aromatic rings. The Balaban J connectivity index is 1.18. The summed E-state index contributed by atoms with van der Waals surface area (Å²) >= 11 is 0. The molecule has 0 bridgehead atoms. The van der Waals surface area contributed by atoms with Gasteiger partial charge in [-0.2, -0.15) is 0 Å². The molecule has 4 heteroatoms. The molecule has 1 aliphatic carbocycles. The molecule has 27 heavy (non-hydrogen) atoms. The van der Waals surface area contributed by atoms with Crippen molar-refractivity contribution in [3.63, 3.8) is 0 Å². The molecule has 0 radical (unpaired) electrons. The molecule has 0 amide bonds. The third kappa shape index (κ3) is 3.30. The van der Waals surface area contributed by atoms with E-state index in [1.54, 1.807) is 0 Å². The number of hydrogen-bond acceptors (Lipinski definition) is 4. The standard InChI is InChI=1S/C23H26N2O2/c1-2-5-20-18(4-1)8-9-19(20)10-11-24-12-14-25(15-13-24)21-6-3-7-22-23(21)27-17-16-26-22/h1-7,9H,8,10-17H2. The van der Waals surface area contributed by atoms with Crippen LogP contribution in [0.2, 0.25) is 0 Å². The van der Waals surface area contributed by atoms with Crippen LogP contribution in [0.15, 0.2) is 48.5 Å². The van der Waals surface area contributed by atoms with Crippen LogP contribution in [-0.2, 0) is 6.42 Å². The number of ether oxygens (including phenoxy) is 2. The molecule has 0 atom stereocenters. The molecular weight excluding hydrogens is 336 g/mol. The molecule has 2 aromatic carbocycles. The van der Waals surface area contributed by atoms with Crippen LogP contribution < -0.4 is 14.4 Å². The molecule has 4 nitrogen and oxygen atoms in total. The Hall–Kier alpha value is -2.46. The molecule has 0 saturated carbocycles. The highest BCUT2D eigenvalue weighted by molar-refractivity contribution is 5.73. The summed E-state index contributed by atoms with van der Waals surface area (Å²) in [5, 5.41) is 0. The molecule has 0 spiro atoms. The predicted octanol–water partition coefficient (Wildman–Crippen LogP) is 3.61. The van der Waals surface area contributed by atoms with Crippen LogP contribution in [0.4, 0.5) is 5.69 Å². The maximum absolute atomic E-state index is 5.90. The summed E-state index contributed by atoms with van der Waals surface area (Å²) in [7, 11) is 0. The van der Waals surface area contributed by atoms with Crippen LogP contribution in [-0.4, -0.2) is 50.8 Å². The highest BCUT2D eigenvalue weighted by Crippen LogP contribution is 2.39. The van der Waals surface area contributed by atoms with Gasteiger partial charge in [0.15, 0.2) is 11.5 Å². The van der Waals surface area contributed by atoms with Gasteiger partial charge in [0.2, 0.25) is 0 Å². The number of benzene rings is 2. The normalized spacial score (nSPS) is 19.0. The number of nitrogens with zero attached hydrogens (tertiary/aromatic N) is 2. The average molecular weight is 362 g/mol. The van der Waals surface area contributed by atoms with E-state index in [9.17, 15) is 0 Å². The van der Waals surface area contributed by atoms with E-state index in [-0.39, 0.29) is 0 Å². The van der Waals surface area contributed by atoms with Gasteiger partial charge in [0.05, 0.1) is 5.69 Å². The minimum atomic E-state index is 0.639. The number of allylic oxidation sites excluding steroid dienone is 1. The monoisotopic (exact) mass is 362 g/mol. The number of hydrogen-bond donors (Lipinski definition) is 0. The Morgan fingerprint density at radius 3 is 2.63 bits per heavy atom. The van der Waals surface area contributed by atoms with E-state index in [1.165, 1.54) is 22.4 Å². The second kappa shape index (κ2) is 7.28. The molecule has 2 aliphatic heterocycles. The number of anilines is 1. The van der Waals surface area contributed by atoms with Gasteiger partial charge in [-0.05, 0) is 41.7 Å². The van der Waals surface area contributed by atoms with Gasteiger partial charge < -0.3 is 14.4 Å². The Bertz CT molecular complexity index is 853. The van der Waals surface area contributed by atoms with Gasteiger partial charge in [-0.15, -0.1) is 0 Å². The molecule has 3 aliphatic rings. The van der Waals surface area contributed by atoms with Crippen LogP contribution in [0.25, 0.3) is 5.57 Å². The Morgan fingerprint density at radius 1 is 0.852 bits per heavy atom. The second-order valence-corrected chi connectivity index (χ2v) is 7.47. The topological polar surface area (TPSA) is 24.9 Å². The van der Waals surface area contributed by atoms with Crippen LogP contribution in [0.3, 0.4) is 0 Å². The lowest BCUT2D eigenvalue weighted by Gasteiger charge is -2.37. The van der Waals surface area contributed by atoms with E-state index in [1.807, 2.05) is 6.07 Å². The van der Waals surface area contributed by atoms with Crippen molar-refractivity contribution >= 4 is 11.3 Å². The van der Waals surface area contributed by atoms with Crippen molar-refractivity contribution in [1.29, 1.82) is 0 Å². The molecule has 1 saturated heterocycles. The van der Waals surface area contributed by atoms with E-state index >= 15 is 0 Å². The van der Waals surface area contributed by atoms with Crippen molar-refractivity contribution < 1.29 is 9.47 Å². The molecule has 1 fully saturated rings. The van der Waals surface area contributed by atoms with Crippen LogP contribution in [0.1, 0.15) is 17.5 Å². The molecule has 2 heterocycles. The maximum atomic E-state index is 5.90.